The zero-order valence-electron chi connectivity index (χ0n) is 12.9. The number of pyridine rings is 1. The van der Waals surface area contributed by atoms with Crippen LogP contribution < -0.4 is 10.6 Å². The summed E-state index contributed by atoms with van der Waals surface area (Å²) in [5.41, 5.74) is 1.40. The average molecular weight is 293 g/mol. The summed E-state index contributed by atoms with van der Waals surface area (Å²) in [6, 6.07) is 1.36. The summed E-state index contributed by atoms with van der Waals surface area (Å²) in [6.45, 7) is 7.89. The molecule has 2 amide bonds. The summed E-state index contributed by atoms with van der Waals surface area (Å²) in [5, 5.41) is 14.4. The van der Waals surface area contributed by atoms with Gasteiger partial charge >= 0.3 is 12.0 Å². The van der Waals surface area contributed by atoms with Crippen LogP contribution in [0.1, 0.15) is 32.8 Å². The van der Waals surface area contributed by atoms with Gasteiger partial charge in [0.25, 0.3) is 0 Å². The number of rotatable bonds is 5. The zero-order chi connectivity index (χ0) is 16.0. The first-order chi connectivity index (χ1) is 9.67. The molecule has 116 valence electrons. The van der Waals surface area contributed by atoms with Crippen LogP contribution in [0, 0.1) is 18.3 Å². The highest BCUT2D eigenvalue weighted by Gasteiger charge is 2.24. The van der Waals surface area contributed by atoms with Gasteiger partial charge in [0.05, 0.1) is 17.8 Å². The highest BCUT2D eigenvalue weighted by molar-refractivity contribution is 5.89. The second-order valence-electron chi connectivity index (χ2n) is 6.39. The molecule has 0 saturated carbocycles. The lowest BCUT2D eigenvalue weighted by atomic mass is 9.84. The van der Waals surface area contributed by atoms with E-state index < -0.39 is 17.9 Å². The molecule has 1 atom stereocenters. The van der Waals surface area contributed by atoms with Crippen molar-refractivity contribution in [3.63, 3.8) is 0 Å². The number of urea groups is 1. The van der Waals surface area contributed by atoms with Gasteiger partial charge < -0.3 is 15.7 Å². The van der Waals surface area contributed by atoms with Gasteiger partial charge in [0.1, 0.15) is 0 Å². The number of hydrogen-bond donors (Lipinski definition) is 3. The highest BCUT2D eigenvalue weighted by Crippen LogP contribution is 2.24. The topological polar surface area (TPSA) is 91.3 Å². The molecule has 1 unspecified atom stereocenters. The van der Waals surface area contributed by atoms with Crippen LogP contribution in [-0.4, -0.2) is 28.6 Å². The molecule has 0 bridgehead atoms. The molecule has 0 spiro atoms. The standard InChI is InChI=1S/C15H23N3O3/c1-10-5-12(9-16-7-10)18-14(21)17-8-11(13(19)20)6-15(2,3)4/h5,7,9,11H,6,8H2,1-4H3,(H,19,20)(H2,17,18,21). The molecular weight excluding hydrogens is 270 g/mol. The van der Waals surface area contributed by atoms with E-state index in [0.29, 0.717) is 12.1 Å². The molecule has 3 N–H and O–H groups in total. The summed E-state index contributed by atoms with van der Waals surface area (Å²) >= 11 is 0. The van der Waals surface area contributed by atoms with E-state index in [1.54, 1.807) is 12.3 Å². The first-order valence-corrected chi connectivity index (χ1v) is 6.87. The monoisotopic (exact) mass is 293 g/mol. The molecule has 0 fully saturated rings. The van der Waals surface area contributed by atoms with Gasteiger partial charge in [0, 0.05) is 12.7 Å². The van der Waals surface area contributed by atoms with E-state index in [4.69, 9.17) is 0 Å². The van der Waals surface area contributed by atoms with Gasteiger partial charge in [-0.2, -0.15) is 0 Å². The van der Waals surface area contributed by atoms with Crippen LogP contribution in [-0.2, 0) is 4.79 Å². The molecule has 6 nitrogen and oxygen atoms in total. The Labute approximate surface area is 125 Å². The molecule has 0 aliphatic rings. The average Bonchev–Trinajstić information content (AvgIpc) is 2.32. The Balaban J connectivity index is 2.52. The number of carbonyl (C=O) groups excluding carboxylic acids is 1. The molecule has 0 radical (unpaired) electrons. The lowest BCUT2D eigenvalue weighted by Crippen LogP contribution is -2.37. The van der Waals surface area contributed by atoms with Crippen LogP contribution in [0.5, 0.6) is 0 Å². The molecular formula is C15H23N3O3. The van der Waals surface area contributed by atoms with Crippen molar-refractivity contribution in [3.8, 4) is 0 Å². The quantitative estimate of drug-likeness (QED) is 0.778. The second kappa shape index (κ2) is 7.06. The Hall–Kier alpha value is -2.11. The number of aliphatic carboxylic acids is 1. The Kier molecular flexibility index (Phi) is 5.69. The fourth-order valence-electron chi connectivity index (χ4n) is 2.00. The maximum Gasteiger partial charge on any atom is 0.319 e. The van der Waals surface area contributed by atoms with Gasteiger partial charge in [-0.3, -0.25) is 9.78 Å². The van der Waals surface area contributed by atoms with Crippen molar-refractivity contribution in [2.45, 2.75) is 34.1 Å². The molecule has 0 saturated heterocycles. The molecule has 0 aliphatic heterocycles. The van der Waals surface area contributed by atoms with Gasteiger partial charge in [-0.05, 0) is 30.4 Å². The largest absolute Gasteiger partial charge is 0.481 e. The lowest BCUT2D eigenvalue weighted by Gasteiger charge is -2.23. The first kappa shape index (κ1) is 16.9. The number of anilines is 1. The molecule has 1 aromatic heterocycles. The molecule has 1 aromatic rings. The smallest absolute Gasteiger partial charge is 0.319 e. The molecule has 0 aliphatic carbocycles. The van der Waals surface area contributed by atoms with Crippen LogP contribution >= 0.6 is 0 Å². The van der Waals surface area contributed by atoms with E-state index in [9.17, 15) is 14.7 Å². The van der Waals surface area contributed by atoms with Crippen molar-refractivity contribution in [1.29, 1.82) is 0 Å². The SMILES string of the molecule is Cc1cncc(NC(=O)NCC(CC(C)(C)C)C(=O)O)c1. The van der Waals surface area contributed by atoms with Gasteiger partial charge in [-0.15, -0.1) is 0 Å². The maximum absolute atomic E-state index is 11.8. The van der Waals surface area contributed by atoms with E-state index in [-0.39, 0.29) is 12.0 Å². The number of carboxylic acids is 1. The fourth-order valence-corrected chi connectivity index (χ4v) is 2.00. The third-order valence-corrected chi connectivity index (χ3v) is 2.85. The summed E-state index contributed by atoms with van der Waals surface area (Å²) < 4.78 is 0. The molecule has 6 heteroatoms. The number of nitrogens with zero attached hydrogens (tertiary/aromatic N) is 1. The minimum Gasteiger partial charge on any atom is -0.481 e. The Morgan fingerprint density at radius 1 is 1.33 bits per heavy atom. The number of amides is 2. The second-order valence-corrected chi connectivity index (χ2v) is 6.39. The van der Waals surface area contributed by atoms with Gasteiger partial charge in [-0.1, -0.05) is 20.8 Å². The van der Waals surface area contributed by atoms with Crippen molar-refractivity contribution in [2.24, 2.45) is 11.3 Å². The normalized spacial score (nSPS) is 12.6. The number of carboxylic acid groups (broad SMARTS) is 1. The van der Waals surface area contributed by atoms with Crippen LogP contribution in [0.15, 0.2) is 18.5 Å². The van der Waals surface area contributed by atoms with E-state index in [1.807, 2.05) is 27.7 Å². The Morgan fingerprint density at radius 3 is 2.52 bits per heavy atom. The zero-order valence-corrected chi connectivity index (χ0v) is 12.9. The fraction of sp³-hybridized carbons (Fsp3) is 0.533. The Bertz CT molecular complexity index is 509. The van der Waals surface area contributed by atoms with Gasteiger partial charge in [0.15, 0.2) is 0 Å². The van der Waals surface area contributed by atoms with E-state index in [1.165, 1.54) is 6.20 Å². The van der Waals surface area contributed by atoms with Gasteiger partial charge in [0.2, 0.25) is 0 Å². The number of aryl methyl sites for hydroxylation is 1. The summed E-state index contributed by atoms with van der Waals surface area (Å²) in [4.78, 5) is 27.0. The predicted octanol–water partition coefficient (Wildman–Crippen LogP) is 2.65. The molecule has 1 heterocycles. The van der Waals surface area contributed by atoms with Crippen molar-refractivity contribution in [3.05, 3.63) is 24.0 Å². The summed E-state index contributed by atoms with van der Waals surface area (Å²) in [6.07, 6.45) is 3.72. The number of carbonyl (C=O) groups is 2. The maximum atomic E-state index is 11.8. The number of aromatic nitrogens is 1. The minimum absolute atomic E-state index is 0.0949. The van der Waals surface area contributed by atoms with E-state index >= 15 is 0 Å². The highest BCUT2D eigenvalue weighted by atomic mass is 16.4. The molecule has 1 rings (SSSR count). The first-order valence-electron chi connectivity index (χ1n) is 6.87. The van der Waals surface area contributed by atoms with Crippen molar-refractivity contribution >= 4 is 17.7 Å². The van der Waals surface area contributed by atoms with E-state index in [2.05, 4.69) is 15.6 Å². The molecule has 0 aromatic carbocycles. The lowest BCUT2D eigenvalue weighted by molar-refractivity contribution is -0.142. The van der Waals surface area contributed by atoms with Gasteiger partial charge in [-0.25, -0.2) is 4.79 Å². The van der Waals surface area contributed by atoms with Crippen molar-refractivity contribution < 1.29 is 14.7 Å². The third-order valence-electron chi connectivity index (χ3n) is 2.85. The number of hydrogen-bond acceptors (Lipinski definition) is 3. The predicted molar refractivity (Wildman–Crippen MR) is 81.2 cm³/mol. The summed E-state index contributed by atoms with van der Waals surface area (Å²) in [7, 11) is 0. The number of nitrogens with one attached hydrogen (secondary N) is 2. The summed E-state index contributed by atoms with van der Waals surface area (Å²) in [5.74, 6) is -1.51. The van der Waals surface area contributed by atoms with Crippen molar-refractivity contribution in [1.82, 2.24) is 10.3 Å². The minimum atomic E-state index is -0.901. The third kappa shape index (κ3) is 6.74. The van der Waals surface area contributed by atoms with Crippen LogP contribution in [0.25, 0.3) is 0 Å². The van der Waals surface area contributed by atoms with Crippen molar-refractivity contribution in [2.75, 3.05) is 11.9 Å². The van der Waals surface area contributed by atoms with Crippen LogP contribution in [0.4, 0.5) is 10.5 Å². The Morgan fingerprint density at radius 2 is 2.00 bits per heavy atom. The van der Waals surface area contributed by atoms with Crippen LogP contribution in [0.3, 0.4) is 0 Å². The molecule has 21 heavy (non-hydrogen) atoms. The van der Waals surface area contributed by atoms with Crippen LogP contribution in [0.2, 0.25) is 0 Å². The van der Waals surface area contributed by atoms with E-state index in [0.717, 1.165) is 5.56 Å².